The molecule has 1 fully saturated rings. The van der Waals surface area contributed by atoms with Crippen LogP contribution in [0.3, 0.4) is 0 Å². The lowest BCUT2D eigenvalue weighted by molar-refractivity contribution is 0.118. The zero-order chi connectivity index (χ0) is 10.6. The molecule has 2 heteroatoms. The number of nitrogens with two attached hydrogens (primary N) is 1. The second kappa shape index (κ2) is 5.13. The molecule has 3 N–H and O–H groups in total. The van der Waals surface area contributed by atoms with Crippen molar-refractivity contribution in [1.29, 1.82) is 0 Å². The molecular formula is C12H26N2. The second-order valence-corrected chi connectivity index (χ2v) is 5.59. The highest BCUT2D eigenvalue weighted by molar-refractivity contribution is 4.85. The normalized spacial score (nSPS) is 20.6. The van der Waals surface area contributed by atoms with Crippen LogP contribution in [0.1, 0.15) is 40.0 Å². The van der Waals surface area contributed by atoms with Crippen LogP contribution in [0, 0.1) is 17.3 Å². The Hall–Kier alpha value is -0.0800. The number of hydrogen-bond acceptors (Lipinski definition) is 2. The van der Waals surface area contributed by atoms with Crippen molar-refractivity contribution in [2.45, 2.75) is 40.0 Å². The Bertz CT molecular complexity index is 162. The van der Waals surface area contributed by atoms with Crippen molar-refractivity contribution in [2.75, 3.05) is 19.6 Å². The predicted molar refractivity (Wildman–Crippen MR) is 62.2 cm³/mol. The zero-order valence-electron chi connectivity index (χ0n) is 9.97. The molecule has 84 valence electrons. The van der Waals surface area contributed by atoms with Gasteiger partial charge in [0.1, 0.15) is 0 Å². The SMILES string of the molecule is CC(CN)CNCC(C)(C)C1CCC1. The Balaban J connectivity index is 2.15. The molecule has 0 amide bonds. The Labute approximate surface area is 88.6 Å². The van der Waals surface area contributed by atoms with Gasteiger partial charge in [-0.1, -0.05) is 27.2 Å². The minimum absolute atomic E-state index is 0.479. The second-order valence-electron chi connectivity index (χ2n) is 5.59. The summed E-state index contributed by atoms with van der Waals surface area (Å²) >= 11 is 0. The standard InChI is InChI=1S/C12H26N2/c1-10(7-13)8-14-9-12(2,3)11-5-4-6-11/h10-11,14H,4-9,13H2,1-3H3. The third-order valence-electron chi connectivity index (χ3n) is 3.69. The molecule has 1 aliphatic carbocycles. The average Bonchev–Trinajstić information content (AvgIpc) is 1.99. The van der Waals surface area contributed by atoms with Gasteiger partial charge in [0, 0.05) is 6.54 Å². The van der Waals surface area contributed by atoms with Crippen molar-refractivity contribution in [3.63, 3.8) is 0 Å². The maximum absolute atomic E-state index is 5.58. The van der Waals surface area contributed by atoms with E-state index < -0.39 is 0 Å². The molecule has 1 atom stereocenters. The molecule has 0 heterocycles. The molecular weight excluding hydrogens is 172 g/mol. The summed E-state index contributed by atoms with van der Waals surface area (Å²) in [6.07, 6.45) is 4.30. The van der Waals surface area contributed by atoms with Crippen LogP contribution in [0.15, 0.2) is 0 Å². The molecule has 1 rings (SSSR count). The quantitative estimate of drug-likeness (QED) is 0.685. The first kappa shape index (κ1) is 12.0. The van der Waals surface area contributed by atoms with Crippen LogP contribution >= 0.6 is 0 Å². The molecule has 0 aromatic carbocycles. The lowest BCUT2D eigenvalue weighted by Crippen LogP contribution is -2.40. The lowest BCUT2D eigenvalue weighted by atomic mass is 9.67. The molecule has 0 aromatic rings. The van der Waals surface area contributed by atoms with Crippen molar-refractivity contribution >= 4 is 0 Å². The van der Waals surface area contributed by atoms with Crippen LogP contribution in [-0.4, -0.2) is 19.6 Å². The Morgan fingerprint density at radius 1 is 1.43 bits per heavy atom. The van der Waals surface area contributed by atoms with E-state index in [0.29, 0.717) is 11.3 Å². The number of rotatable bonds is 6. The van der Waals surface area contributed by atoms with Crippen molar-refractivity contribution in [2.24, 2.45) is 23.0 Å². The first-order chi connectivity index (χ1) is 6.56. The van der Waals surface area contributed by atoms with Gasteiger partial charge in [0.25, 0.3) is 0 Å². The average molecular weight is 198 g/mol. The number of hydrogen-bond donors (Lipinski definition) is 2. The molecule has 1 aliphatic rings. The van der Waals surface area contributed by atoms with Crippen LogP contribution in [0.4, 0.5) is 0 Å². The van der Waals surface area contributed by atoms with Crippen molar-refractivity contribution in [1.82, 2.24) is 5.32 Å². The van der Waals surface area contributed by atoms with E-state index in [0.717, 1.165) is 25.6 Å². The van der Waals surface area contributed by atoms with Crippen molar-refractivity contribution in [3.05, 3.63) is 0 Å². The van der Waals surface area contributed by atoms with Crippen molar-refractivity contribution < 1.29 is 0 Å². The van der Waals surface area contributed by atoms with Gasteiger partial charge in [-0.15, -0.1) is 0 Å². The van der Waals surface area contributed by atoms with Gasteiger partial charge in [-0.3, -0.25) is 0 Å². The van der Waals surface area contributed by atoms with Crippen molar-refractivity contribution in [3.8, 4) is 0 Å². The highest BCUT2D eigenvalue weighted by Gasteiger charge is 2.33. The van der Waals surface area contributed by atoms with E-state index >= 15 is 0 Å². The molecule has 0 aromatic heterocycles. The topological polar surface area (TPSA) is 38.0 Å². The minimum atomic E-state index is 0.479. The monoisotopic (exact) mass is 198 g/mol. The Kier molecular flexibility index (Phi) is 4.39. The third-order valence-corrected chi connectivity index (χ3v) is 3.69. The fourth-order valence-electron chi connectivity index (χ4n) is 2.06. The predicted octanol–water partition coefficient (Wildman–Crippen LogP) is 2.00. The molecule has 0 radical (unpaired) electrons. The summed E-state index contributed by atoms with van der Waals surface area (Å²) in [6.45, 7) is 9.96. The summed E-state index contributed by atoms with van der Waals surface area (Å²) < 4.78 is 0. The van der Waals surface area contributed by atoms with Gasteiger partial charge in [-0.05, 0) is 43.2 Å². The van der Waals surface area contributed by atoms with Crippen LogP contribution in [0.25, 0.3) is 0 Å². The van der Waals surface area contributed by atoms with Gasteiger partial charge in [-0.25, -0.2) is 0 Å². The fourth-order valence-corrected chi connectivity index (χ4v) is 2.06. The van der Waals surface area contributed by atoms with E-state index in [-0.39, 0.29) is 0 Å². The first-order valence-corrected chi connectivity index (χ1v) is 5.97. The van der Waals surface area contributed by atoms with Crippen LogP contribution in [0.2, 0.25) is 0 Å². The molecule has 0 spiro atoms. The minimum Gasteiger partial charge on any atom is -0.330 e. The smallest absolute Gasteiger partial charge is 0.000529 e. The van der Waals surface area contributed by atoms with Gasteiger partial charge >= 0.3 is 0 Å². The molecule has 0 bridgehead atoms. The molecule has 1 unspecified atom stereocenters. The molecule has 2 nitrogen and oxygen atoms in total. The summed E-state index contributed by atoms with van der Waals surface area (Å²) in [4.78, 5) is 0. The van der Waals surface area contributed by atoms with E-state index in [1.54, 1.807) is 0 Å². The van der Waals surface area contributed by atoms with Gasteiger partial charge < -0.3 is 11.1 Å². The lowest BCUT2D eigenvalue weighted by Gasteiger charge is -2.40. The van der Waals surface area contributed by atoms with Crippen LogP contribution in [0.5, 0.6) is 0 Å². The Morgan fingerprint density at radius 3 is 2.50 bits per heavy atom. The van der Waals surface area contributed by atoms with Gasteiger partial charge in [-0.2, -0.15) is 0 Å². The van der Waals surface area contributed by atoms with Crippen LogP contribution in [-0.2, 0) is 0 Å². The van der Waals surface area contributed by atoms with E-state index in [2.05, 4.69) is 26.1 Å². The van der Waals surface area contributed by atoms with E-state index in [9.17, 15) is 0 Å². The highest BCUT2D eigenvalue weighted by Crippen LogP contribution is 2.41. The maximum atomic E-state index is 5.58. The molecule has 1 saturated carbocycles. The van der Waals surface area contributed by atoms with Crippen LogP contribution < -0.4 is 11.1 Å². The van der Waals surface area contributed by atoms with Gasteiger partial charge in [0.15, 0.2) is 0 Å². The largest absolute Gasteiger partial charge is 0.330 e. The van der Waals surface area contributed by atoms with Gasteiger partial charge in [0.2, 0.25) is 0 Å². The molecule has 0 saturated heterocycles. The molecule has 14 heavy (non-hydrogen) atoms. The molecule has 0 aliphatic heterocycles. The summed E-state index contributed by atoms with van der Waals surface area (Å²) in [7, 11) is 0. The van der Waals surface area contributed by atoms with E-state index in [1.165, 1.54) is 19.3 Å². The summed E-state index contributed by atoms with van der Waals surface area (Å²) in [5.74, 6) is 1.55. The summed E-state index contributed by atoms with van der Waals surface area (Å²) in [5, 5.41) is 3.55. The van der Waals surface area contributed by atoms with Gasteiger partial charge in [0.05, 0.1) is 0 Å². The highest BCUT2D eigenvalue weighted by atomic mass is 14.9. The summed E-state index contributed by atoms with van der Waals surface area (Å²) in [5.41, 5.74) is 6.06. The summed E-state index contributed by atoms with van der Waals surface area (Å²) in [6, 6.07) is 0. The fraction of sp³-hybridized carbons (Fsp3) is 1.00. The Morgan fingerprint density at radius 2 is 2.07 bits per heavy atom. The first-order valence-electron chi connectivity index (χ1n) is 5.97. The maximum Gasteiger partial charge on any atom is 0.000529 e. The zero-order valence-corrected chi connectivity index (χ0v) is 9.97. The van der Waals surface area contributed by atoms with E-state index in [1.807, 2.05) is 0 Å². The third kappa shape index (κ3) is 3.25. The van der Waals surface area contributed by atoms with E-state index in [4.69, 9.17) is 5.73 Å². The number of nitrogens with one attached hydrogen (secondary N) is 1.